The quantitative estimate of drug-likeness (QED) is 0.903. The Morgan fingerprint density at radius 3 is 2.56 bits per heavy atom. The van der Waals surface area contributed by atoms with Gasteiger partial charge in [-0.05, 0) is 26.0 Å². The van der Waals surface area contributed by atoms with E-state index in [1.807, 2.05) is 11.9 Å². The normalized spacial score (nSPS) is 18.7. The van der Waals surface area contributed by atoms with Crippen LogP contribution in [0.15, 0.2) is 17.1 Å². The standard InChI is InChI=1S/C17H19FN4O3/c1-20-4-6-21(7-5-20)16-13(18)8-11-14(23)12(17(24)25)9-22(10-2-3-10)15(11)19-16/h8-10H,2-7H2,1H3,(H,24,25). The molecule has 25 heavy (non-hydrogen) atoms. The molecule has 1 saturated heterocycles. The lowest BCUT2D eigenvalue weighted by atomic mass is 10.1. The lowest BCUT2D eigenvalue weighted by molar-refractivity contribution is 0.0695. The Morgan fingerprint density at radius 2 is 1.96 bits per heavy atom. The number of piperazine rings is 1. The third kappa shape index (κ3) is 2.76. The van der Waals surface area contributed by atoms with Crippen molar-refractivity contribution in [2.24, 2.45) is 0 Å². The molecule has 2 aromatic heterocycles. The van der Waals surface area contributed by atoms with Crippen molar-refractivity contribution in [2.75, 3.05) is 38.1 Å². The number of carboxylic acids is 1. The number of pyridine rings is 2. The van der Waals surface area contributed by atoms with Gasteiger partial charge in [0.1, 0.15) is 11.2 Å². The molecule has 4 rings (SSSR count). The second-order valence-corrected chi connectivity index (χ2v) is 6.77. The Labute approximate surface area is 143 Å². The highest BCUT2D eigenvalue weighted by atomic mass is 19.1. The second kappa shape index (κ2) is 5.80. The number of aromatic carboxylic acids is 1. The molecular weight excluding hydrogens is 327 g/mol. The average Bonchev–Trinajstić information content (AvgIpc) is 3.41. The predicted octanol–water partition coefficient (Wildman–Crippen LogP) is 1.32. The van der Waals surface area contributed by atoms with Crippen LogP contribution >= 0.6 is 0 Å². The van der Waals surface area contributed by atoms with Crippen LogP contribution in [0.5, 0.6) is 0 Å². The minimum atomic E-state index is -1.30. The van der Waals surface area contributed by atoms with E-state index in [2.05, 4.69) is 9.88 Å². The molecular formula is C17H19FN4O3. The first-order valence-electron chi connectivity index (χ1n) is 8.38. The van der Waals surface area contributed by atoms with Crippen LogP contribution in [0.3, 0.4) is 0 Å². The first-order chi connectivity index (χ1) is 12.0. The van der Waals surface area contributed by atoms with E-state index in [0.29, 0.717) is 18.7 Å². The van der Waals surface area contributed by atoms with E-state index in [9.17, 15) is 19.1 Å². The Kier molecular flexibility index (Phi) is 3.72. The largest absolute Gasteiger partial charge is 0.477 e. The Bertz CT molecular complexity index is 914. The molecule has 3 heterocycles. The molecule has 7 nitrogen and oxygen atoms in total. The molecule has 0 unspecified atom stereocenters. The molecule has 8 heteroatoms. The Morgan fingerprint density at radius 1 is 1.28 bits per heavy atom. The highest BCUT2D eigenvalue weighted by molar-refractivity contribution is 5.92. The maximum absolute atomic E-state index is 14.6. The molecule has 1 aliphatic carbocycles. The SMILES string of the molecule is CN1CCN(c2nc3c(cc2F)c(=O)c(C(=O)O)cn3C2CC2)CC1. The fourth-order valence-electron chi connectivity index (χ4n) is 3.26. The van der Waals surface area contributed by atoms with Crippen LogP contribution in [0, 0.1) is 5.82 Å². The number of fused-ring (bicyclic) bond motifs is 1. The predicted molar refractivity (Wildman–Crippen MR) is 90.9 cm³/mol. The van der Waals surface area contributed by atoms with Crippen molar-refractivity contribution in [3.63, 3.8) is 0 Å². The van der Waals surface area contributed by atoms with Crippen LogP contribution in [0.4, 0.5) is 10.2 Å². The van der Waals surface area contributed by atoms with Crippen LogP contribution in [0.2, 0.25) is 0 Å². The van der Waals surface area contributed by atoms with Crippen LogP contribution in [-0.2, 0) is 0 Å². The molecule has 0 atom stereocenters. The lowest BCUT2D eigenvalue weighted by Gasteiger charge is -2.33. The first-order valence-corrected chi connectivity index (χ1v) is 8.38. The Hall–Kier alpha value is -2.48. The van der Waals surface area contributed by atoms with Gasteiger partial charge < -0.3 is 19.5 Å². The van der Waals surface area contributed by atoms with Crippen molar-refractivity contribution in [3.05, 3.63) is 33.9 Å². The smallest absolute Gasteiger partial charge is 0.341 e. The van der Waals surface area contributed by atoms with Crippen LogP contribution in [-0.4, -0.2) is 58.8 Å². The van der Waals surface area contributed by atoms with E-state index >= 15 is 0 Å². The zero-order valence-electron chi connectivity index (χ0n) is 13.9. The molecule has 0 spiro atoms. The number of hydrogen-bond donors (Lipinski definition) is 1. The number of carbonyl (C=O) groups is 1. The molecule has 0 aromatic carbocycles. The van der Waals surface area contributed by atoms with Gasteiger partial charge >= 0.3 is 5.97 Å². The van der Waals surface area contributed by atoms with Gasteiger partial charge in [0.05, 0.1) is 5.39 Å². The summed E-state index contributed by atoms with van der Waals surface area (Å²) in [4.78, 5) is 32.3. The number of hydrogen-bond acceptors (Lipinski definition) is 5. The molecule has 2 fully saturated rings. The van der Waals surface area contributed by atoms with Gasteiger partial charge in [0.15, 0.2) is 11.6 Å². The Balaban J connectivity index is 1.90. The van der Waals surface area contributed by atoms with Gasteiger partial charge in [-0.3, -0.25) is 4.79 Å². The van der Waals surface area contributed by atoms with Crippen molar-refractivity contribution in [1.82, 2.24) is 14.5 Å². The van der Waals surface area contributed by atoms with Crippen molar-refractivity contribution in [1.29, 1.82) is 0 Å². The van der Waals surface area contributed by atoms with Crippen LogP contribution in [0.25, 0.3) is 11.0 Å². The van der Waals surface area contributed by atoms with Gasteiger partial charge in [-0.2, -0.15) is 0 Å². The second-order valence-electron chi connectivity index (χ2n) is 6.77. The molecule has 2 aliphatic rings. The molecule has 1 saturated carbocycles. The number of nitrogens with zero attached hydrogens (tertiary/aromatic N) is 4. The summed E-state index contributed by atoms with van der Waals surface area (Å²) >= 11 is 0. The van der Waals surface area contributed by atoms with Gasteiger partial charge in [-0.25, -0.2) is 14.2 Å². The van der Waals surface area contributed by atoms with E-state index < -0.39 is 17.2 Å². The molecule has 132 valence electrons. The third-order valence-corrected chi connectivity index (χ3v) is 4.91. The van der Waals surface area contributed by atoms with E-state index in [1.54, 1.807) is 4.57 Å². The first kappa shape index (κ1) is 16.0. The summed E-state index contributed by atoms with van der Waals surface area (Å²) in [5.41, 5.74) is -0.656. The van der Waals surface area contributed by atoms with E-state index in [4.69, 9.17) is 0 Å². The minimum Gasteiger partial charge on any atom is -0.477 e. The highest BCUT2D eigenvalue weighted by Gasteiger charge is 2.29. The number of halogens is 1. The topological polar surface area (TPSA) is 78.7 Å². The molecule has 0 amide bonds. The summed E-state index contributed by atoms with van der Waals surface area (Å²) in [6, 6.07) is 1.27. The van der Waals surface area contributed by atoms with Crippen molar-refractivity contribution >= 4 is 22.8 Å². The summed E-state index contributed by atoms with van der Waals surface area (Å²) in [7, 11) is 2.01. The number of likely N-dealkylation sites (N-methyl/N-ethyl adjacent to an activating group) is 1. The average molecular weight is 346 g/mol. The molecule has 0 radical (unpaired) electrons. The zero-order chi connectivity index (χ0) is 17.7. The number of carboxylic acid groups (broad SMARTS) is 1. The highest BCUT2D eigenvalue weighted by Crippen LogP contribution is 2.37. The monoisotopic (exact) mass is 346 g/mol. The summed E-state index contributed by atoms with van der Waals surface area (Å²) in [6.45, 7) is 2.94. The lowest BCUT2D eigenvalue weighted by Crippen LogP contribution is -2.45. The van der Waals surface area contributed by atoms with Gasteiger partial charge in [0.25, 0.3) is 0 Å². The van der Waals surface area contributed by atoms with Gasteiger partial charge in [0.2, 0.25) is 5.43 Å². The summed E-state index contributed by atoms with van der Waals surface area (Å²) < 4.78 is 16.4. The van der Waals surface area contributed by atoms with Crippen LogP contribution in [0.1, 0.15) is 29.2 Å². The maximum Gasteiger partial charge on any atom is 0.341 e. The van der Waals surface area contributed by atoms with Crippen LogP contribution < -0.4 is 10.3 Å². The number of rotatable bonds is 3. The summed E-state index contributed by atoms with van der Waals surface area (Å²) in [6.07, 6.45) is 3.16. The number of anilines is 1. The zero-order valence-corrected chi connectivity index (χ0v) is 13.9. The molecule has 1 aliphatic heterocycles. The van der Waals surface area contributed by atoms with Gasteiger partial charge in [-0.15, -0.1) is 0 Å². The van der Waals surface area contributed by atoms with E-state index in [1.165, 1.54) is 6.20 Å². The van der Waals surface area contributed by atoms with Crippen molar-refractivity contribution in [2.45, 2.75) is 18.9 Å². The van der Waals surface area contributed by atoms with Gasteiger partial charge in [-0.1, -0.05) is 0 Å². The molecule has 0 bridgehead atoms. The fourth-order valence-corrected chi connectivity index (χ4v) is 3.26. The van der Waals surface area contributed by atoms with E-state index in [0.717, 1.165) is 32.0 Å². The fraction of sp³-hybridized carbons (Fsp3) is 0.471. The van der Waals surface area contributed by atoms with E-state index in [-0.39, 0.29) is 22.8 Å². The van der Waals surface area contributed by atoms with Crippen molar-refractivity contribution in [3.8, 4) is 0 Å². The van der Waals surface area contributed by atoms with Gasteiger partial charge in [0, 0.05) is 38.4 Å². The number of aromatic nitrogens is 2. The molecule has 2 aromatic rings. The molecule has 1 N–H and O–H groups in total. The minimum absolute atomic E-state index is 0.0298. The summed E-state index contributed by atoms with van der Waals surface area (Å²) in [5, 5.41) is 9.29. The maximum atomic E-state index is 14.6. The third-order valence-electron chi connectivity index (χ3n) is 4.91. The van der Waals surface area contributed by atoms with Crippen molar-refractivity contribution < 1.29 is 14.3 Å². The summed E-state index contributed by atoms with van der Waals surface area (Å²) in [5.74, 6) is -1.65.